The Labute approximate surface area is 137 Å². The van der Waals surface area contributed by atoms with E-state index in [1.54, 1.807) is 0 Å². The number of ether oxygens (including phenoxy) is 1. The van der Waals surface area contributed by atoms with Crippen molar-refractivity contribution in [3.05, 3.63) is 34.3 Å². The molecule has 0 aliphatic carbocycles. The Balaban J connectivity index is 2.81. The van der Waals surface area contributed by atoms with E-state index in [1.165, 1.54) is 0 Å². The van der Waals surface area contributed by atoms with Crippen molar-refractivity contribution < 1.29 is 9.53 Å². The van der Waals surface area contributed by atoms with Crippen LogP contribution in [0, 0.1) is 0 Å². The lowest BCUT2D eigenvalue weighted by Gasteiger charge is -2.11. The predicted molar refractivity (Wildman–Crippen MR) is 90.2 cm³/mol. The van der Waals surface area contributed by atoms with Crippen LogP contribution in [-0.2, 0) is 4.74 Å². The average Bonchev–Trinajstić information content (AvgIpc) is 2.37. The molecule has 0 spiro atoms. The molecule has 0 radical (unpaired) electrons. The van der Waals surface area contributed by atoms with E-state index >= 15 is 0 Å². The molecule has 1 aromatic carbocycles. The molecule has 8 heteroatoms. The first-order valence-corrected chi connectivity index (χ1v) is 7.40. The van der Waals surface area contributed by atoms with Crippen LogP contribution in [0.5, 0.6) is 0 Å². The van der Waals surface area contributed by atoms with Gasteiger partial charge >= 0.3 is 6.09 Å². The van der Waals surface area contributed by atoms with E-state index in [9.17, 15) is 4.79 Å². The molecule has 0 aliphatic heterocycles. The zero-order chi connectivity index (χ0) is 15.8. The van der Waals surface area contributed by atoms with Gasteiger partial charge in [0.05, 0.1) is 0 Å². The average molecular weight is 373 g/mol. The lowest BCUT2D eigenvalue weighted by molar-refractivity contribution is 0.159. The first kappa shape index (κ1) is 17.4. The third kappa shape index (κ3) is 7.05. The molecular formula is C13H17BrN4O2S. The number of nitrogens with zero attached hydrogens (tertiary/aromatic N) is 1. The summed E-state index contributed by atoms with van der Waals surface area (Å²) < 4.78 is 6.01. The van der Waals surface area contributed by atoms with Crippen molar-refractivity contribution in [2.45, 2.75) is 19.9 Å². The molecule has 0 saturated heterocycles. The molecule has 0 saturated carbocycles. The number of rotatable bonds is 5. The topological polar surface area (TPSA) is 88.7 Å². The Bertz CT molecular complexity index is 549. The first-order valence-electron chi connectivity index (χ1n) is 6.19. The summed E-state index contributed by atoms with van der Waals surface area (Å²) in [5.41, 5.74) is 9.14. The molecule has 114 valence electrons. The number of thiocarbonyl (C=S) groups is 1. The maximum Gasteiger partial charge on any atom is 0.407 e. The highest BCUT2D eigenvalue weighted by atomic mass is 79.9. The van der Waals surface area contributed by atoms with Gasteiger partial charge in [-0.05, 0) is 38.2 Å². The second-order valence-corrected chi connectivity index (χ2v) is 5.78. The normalized spacial score (nSPS) is 11.1. The van der Waals surface area contributed by atoms with E-state index < -0.39 is 6.09 Å². The van der Waals surface area contributed by atoms with Crippen LogP contribution in [0.2, 0.25) is 0 Å². The summed E-state index contributed by atoms with van der Waals surface area (Å²) in [6, 6.07) is 7.43. The molecule has 4 N–H and O–H groups in total. The fourth-order valence-electron chi connectivity index (χ4n) is 1.38. The van der Waals surface area contributed by atoms with Crippen LogP contribution in [0.3, 0.4) is 0 Å². The number of halogens is 1. The molecule has 21 heavy (non-hydrogen) atoms. The highest BCUT2D eigenvalue weighted by Gasteiger charge is 2.10. The number of benzene rings is 1. The van der Waals surface area contributed by atoms with Gasteiger partial charge in [-0.2, -0.15) is 5.10 Å². The lowest BCUT2D eigenvalue weighted by Crippen LogP contribution is -2.33. The van der Waals surface area contributed by atoms with Crippen LogP contribution in [-0.4, -0.2) is 29.6 Å². The van der Waals surface area contributed by atoms with Crippen molar-refractivity contribution in [2.75, 3.05) is 6.61 Å². The van der Waals surface area contributed by atoms with E-state index in [0.29, 0.717) is 5.71 Å². The van der Waals surface area contributed by atoms with E-state index in [-0.39, 0.29) is 17.8 Å². The van der Waals surface area contributed by atoms with Gasteiger partial charge in [-0.15, -0.1) is 0 Å². The Morgan fingerprint density at radius 3 is 2.81 bits per heavy atom. The van der Waals surface area contributed by atoms with E-state index in [4.69, 9.17) is 22.7 Å². The van der Waals surface area contributed by atoms with Crippen molar-refractivity contribution in [1.29, 1.82) is 0 Å². The smallest absolute Gasteiger partial charge is 0.407 e. The molecule has 0 unspecified atom stereocenters. The van der Waals surface area contributed by atoms with E-state index in [0.717, 1.165) is 10.0 Å². The number of hydrogen-bond acceptors (Lipinski definition) is 4. The van der Waals surface area contributed by atoms with Crippen molar-refractivity contribution in [3.63, 3.8) is 0 Å². The number of hydrogen-bond donors (Lipinski definition) is 3. The van der Waals surface area contributed by atoms with Crippen LogP contribution < -0.4 is 16.5 Å². The fourth-order valence-corrected chi connectivity index (χ4v) is 1.83. The van der Waals surface area contributed by atoms with Gasteiger partial charge in [-0.3, -0.25) is 5.43 Å². The summed E-state index contributed by atoms with van der Waals surface area (Å²) >= 11 is 8.09. The third-order valence-corrected chi connectivity index (χ3v) is 2.79. The monoisotopic (exact) mass is 372 g/mol. The van der Waals surface area contributed by atoms with Gasteiger partial charge in [-0.1, -0.05) is 28.1 Å². The Morgan fingerprint density at radius 1 is 1.52 bits per heavy atom. The van der Waals surface area contributed by atoms with Gasteiger partial charge < -0.3 is 15.8 Å². The maximum atomic E-state index is 11.5. The number of nitrogens with two attached hydrogens (primary N) is 1. The quantitative estimate of drug-likeness (QED) is 0.418. The minimum atomic E-state index is -0.511. The van der Waals surface area contributed by atoms with E-state index in [1.807, 2.05) is 38.1 Å². The number of amides is 1. The van der Waals surface area contributed by atoms with Crippen molar-refractivity contribution in [1.82, 2.24) is 10.7 Å². The van der Waals surface area contributed by atoms with Crippen LogP contribution in [0.25, 0.3) is 0 Å². The minimum Gasteiger partial charge on any atom is -0.443 e. The number of carbonyl (C=O) groups is 1. The lowest BCUT2D eigenvalue weighted by atomic mass is 10.1. The number of carbonyl (C=O) groups excluding carboxylic acids is 1. The third-order valence-electron chi connectivity index (χ3n) is 2.21. The van der Waals surface area contributed by atoms with Crippen LogP contribution in [0.1, 0.15) is 19.4 Å². The molecule has 6 nitrogen and oxygen atoms in total. The van der Waals surface area contributed by atoms with Gasteiger partial charge in [0.15, 0.2) is 5.11 Å². The molecule has 0 atom stereocenters. The fraction of sp³-hybridized carbons (Fsp3) is 0.308. The van der Waals surface area contributed by atoms with Crippen LogP contribution in [0.15, 0.2) is 33.8 Å². The van der Waals surface area contributed by atoms with Gasteiger partial charge in [0.25, 0.3) is 0 Å². The first-order chi connectivity index (χ1) is 9.88. The summed E-state index contributed by atoms with van der Waals surface area (Å²) in [5, 5.41) is 6.73. The second kappa shape index (κ2) is 8.58. The highest BCUT2D eigenvalue weighted by Crippen LogP contribution is 2.12. The van der Waals surface area contributed by atoms with Crippen molar-refractivity contribution in [3.8, 4) is 0 Å². The molecule has 0 aromatic heterocycles. The van der Waals surface area contributed by atoms with Crippen molar-refractivity contribution in [2.24, 2.45) is 10.8 Å². The largest absolute Gasteiger partial charge is 0.443 e. The molecule has 0 bridgehead atoms. The summed E-state index contributed by atoms with van der Waals surface area (Å²) in [5.74, 6) is 0. The predicted octanol–water partition coefficient (Wildman–Crippen LogP) is 2.12. The van der Waals surface area contributed by atoms with Gasteiger partial charge in [0.2, 0.25) is 0 Å². The number of alkyl carbamates (subject to hydrolysis) is 1. The maximum absolute atomic E-state index is 11.5. The van der Waals surface area contributed by atoms with Crippen LogP contribution in [0.4, 0.5) is 4.79 Å². The minimum absolute atomic E-state index is 0.00139. The Kier molecular flexibility index (Phi) is 7.10. The SMILES string of the molecule is CC(C)NC(=O)OC/C(=N\NC(N)=S)c1cccc(Br)c1. The number of hydrazone groups is 1. The summed E-state index contributed by atoms with van der Waals surface area (Å²) in [6.45, 7) is 3.68. The van der Waals surface area contributed by atoms with Gasteiger partial charge in [0.1, 0.15) is 12.3 Å². The van der Waals surface area contributed by atoms with E-state index in [2.05, 4.69) is 31.8 Å². The molecule has 1 amide bonds. The molecule has 0 aliphatic rings. The zero-order valence-electron chi connectivity index (χ0n) is 11.7. The molecule has 1 aromatic rings. The Hall–Kier alpha value is -1.67. The molecule has 0 heterocycles. The molecule has 1 rings (SSSR count). The standard InChI is InChI=1S/C13H17BrN4O2S/c1-8(2)16-13(19)20-7-11(17-18-12(15)21)9-4-3-5-10(14)6-9/h3-6,8H,7H2,1-2H3,(H,16,19)(H3,15,18,21)/b17-11+. The van der Waals surface area contributed by atoms with Crippen LogP contribution >= 0.6 is 28.1 Å². The van der Waals surface area contributed by atoms with Gasteiger partial charge in [0, 0.05) is 16.1 Å². The number of nitrogens with one attached hydrogen (secondary N) is 2. The van der Waals surface area contributed by atoms with Crippen molar-refractivity contribution >= 4 is 45.1 Å². The zero-order valence-corrected chi connectivity index (χ0v) is 14.1. The summed E-state index contributed by atoms with van der Waals surface area (Å²) in [6.07, 6.45) is -0.511. The van der Waals surface area contributed by atoms with Gasteiger partial charge in [-0.25, -0.2) is 4.79 Å². The molecular weight excluding hydrogens is 356 g/mol. The summed E-state index contributed by atoms with van der Waals surface area (Å²) in [7, 11) is 0. The Morgan fingerprint density at radius 2 is 2.24 bits per heavy atom. The molecule has 0 fully saturated rings. The second-order valence-electron chi connectivity index (χ2n) is 4.42. The summed E-state index contributed by atoms with van der Waals surface area (Å²) in [4.78, 5) is 11.5. The highest BCUT2D eigenvalue weighted by molar-refractivity contribution is 9.10.